The van der Waals surface area contributed by atoms with Crippen molar-refractivity contribution in [1.29, 1.82) is 0 Å². The minimum Gasteiger partial charge on any atom is -0.356 e. The highest BCUT2D eigenvalue weighted by molar-refractivity contribution is 6.00. The van der Waals surface area contributed by atoms with Crippen LogP contribution in [-0.2, 0) is 22.4 Å². The lowest BCUT2D eigenvalue weighted by Gasteiger charge is -2.13. The first-order valence-electron chi connectivity index (χ1n) is 9.41. The topological polar surface area (TPSA) is 58.2 Å². The highest BCUT2D eigenvalue weighted by Gasteiger charge is 2.48. The SMILES string of the molecule is CCc1cccc(C)c1NC(=O)C1CC1C(=O)NCCc1ccccc1F. The molecule has 1 saturated carbocycles. The molecule has 2 atom stereocenters. The van der Waals surface area contributed by atoms with Crippen LogP contribution in [0.15, 0.2) is 42.5 Å². The van der Waals surface area contributed by atoms with Crippen molar-refractivity contribution in [2.45, 2.75) is 33.1 Å². The molecule has 0 radical (unpaired) electrons. The average Bonchev–Trinajstić information content (AvgIpc) is 3.46. The summed E-state index contributed by atoms with van der Waals surface area (Å²) in [6, 6.07) is 12.5. The Morgan fingerprint density at radius 2 is 1.74 bits per heavy atom. The van der Waals surface area contributed by atoms with Crippen molar-refractivity contribution in [2.24, 2.45) is 11.8 Å². The van der Waals surface area contributed by atoms with Gasteiger partial charge >= 0.3 is 0 Å². The molecule has 142 valence electrons. The first-order chi connectivity index (χ1) is 13.0. The molecular weight excluding hydrogens is 343 g/mol. The van der Waals surface area contributed by atoms with Crippen LogP contribution in [-0.4, -0.2) is 18.4 Å². The number of rotatable bonds is 7. The first kappa shape index (κ1) is 19.1. The molecule has 0 aliphatic heterocycles. The number of benzene rings is 2. The van der Waals surface area contributed by atoms with Gasteiger partial charge in [0.1, 0.15) is 5.82 Å². The Balaban J connectivity index is 1.49. The second kappa shape index (κ2) is 8.33. The van der Waals surface area contributed by atoms with Crippen LogP contribution in [0.1, 0.15) is 30.0 Å². The van der Waals surface area contributed by atoms with Gasteiger partial charge in [-0.25, -0.2) is 4.39 Å². The van der Waals surface area contributed by atoms with Crippen molar-refractivity contribution in [3.05, 3.63) is 65.0 Å². The maximum atomic E-state index is 13.6. The van der Waals surface area contributed by atoms with E-state index in [2.05, 4.69) is 10.6 Å². The lowest BCUT2D eigenvalue weighted by molar-refractivity contribution is -0.125. The van der Waals surface area contributed by atoms with Crippen LogP contribution >= 0.6 is 0 Å². The predicted octanol–water partition coefficient (Wildman–Crippen LogP) is 3.63. The number of amides is 2. The van der Waals surface area contributed by atoms with E-state index in [1.54, 1.807) is 18.2 Å². The average molecular weight is 368 g/mol. The number of carbonyl (C=O) groups excluding carboxylic acids is 2. The molecule has 2 amide bonds. The van der Waals surface area contributed by atoms with Gasteiger partial charge in [-0.1, -0.05) is 43.3 Å². The van der Waals surface area contributed by atoms with Gasteiger partial charge in [0.15, 0.2) is 0 Å². The monoisotopic (exact) mass is 368 g/mol. The Labute approximate surface area is 159 Å². The number of anilines is 1. The summed E-state index contributed by atoms with van der Waals surface area (Å²) in [7, 11) is 0. The molecule has 0 spiro atoms. The van der Waals surface area contributed by atoms with Gasteiger partial charge < -0.3 is 10.6 Å². The highest BCUT2D eigenvalue weighted by Crippen LogP contribution is 2.40. The standard InChI is InChI=1S/C22H25FN2O2/c1-3-15-9-6-7-14(2)20(15)25-22(27)18-13-17(18)21(26)24-12-11-16-8-4-5-10-19(16)23/h4-10,17-18H,3,11-13H2,1-2H3,(H,24,26)(H,25,27). The van der Waals surface area contributed by atoms with Crippen molar-refractivity contribution in [3.8, 4) is 0 Å². The van der Waals surface area contributed by atoms with Crippen LogP contribution in [0.5, 0.6) is 0 Å². The molecule has 3 rings (SSSR count). The Morgan fingerprint density at radius 1 is 1.04 bits per heavy atom. The second-order valence-electron chi connectivity index (χ2n) is 7.03. The zero-order chi connectivity index (χ0) is 19.4. The van der Waals surface area contributed by atoms with Crippen molar-refractivity contribution < 1.29 is 14.0 Å². The van der Waals surface area contributed by atoms with Gasteiger partial charge in [0, 0.05) is 12.2 Å². The third kappa shape index (κ3) is 4.54. The molecule has 0 heterocycles. The molecule has 1 fully saturated rings. The summed E-state index contributed by atoms with van der Waals surface area (Å²) in [6.45, 7) is 4.38. The van der Waals surface area contributed by atoms with Crippen molar-refractivity contribution in [1.82, 2.24) is 5.32 Å². The molecular formula is C22H25FN2O2. The zero-order valence-electron chi connectivity index (χ0n) is 15.7. The van der Waals surface area contributed by atoms with E-state index in [-0.39, 0.29) is 29.5 Å². The van der Waals surface area contributed by atoms with Crippen LogP contribution in [0, 0.1) is 24.6 Å². The highest BCUT2D eigenvalue weighted by atomic mass is 19.1. The fraction of sp³-hybridized carbons (Fsp3) is 0.364. The molecule has 5 heteroatoms. The zero-order valence-corrected chi connectivity index (χ0v) is 15.7. The third-order valence-corrected chi connectivity index (χ3v) is 5.10. The molecule has 27 heavy (non-hydrogen) atoms. The maximum Gasteiger partial charge on any atom is 0.228 e. The summed E-state index contributed by atoms with van der Waals surface area (Å²) < 4.78 is 13.6. The predicted molar refractivity (Wildman–Crippen MR) is 104 cm³/mol. The van der Waals surface area contributed by atoms with Gasteiger partial charge in [0.25, 0.3) is 0 Å². The Hall–Kier alpha value is -2.69. The van der Waals surface area contributed by atoms with Gasteiger partial charge in [-0.2, -0.15) is 0 Å². The minimum atomic E-state index is -0.292. The van der Waals surface area contributed by atoms with E-state index >= 15 is 0 Å². The molecule has 1 aliphatic rings. The van der Waals surface area contributed by atoms with E-state index in [1.807, 2.05) is 32.0 Å². The molecule has 2 aromatic carbocycles. The lowest BCUT2D eigenvalue weighted by Crippen LogP contribution is -2.29. The summed E-state index contributed by atoms with van der Waals surface area (Å²) in [5.41, 5.74) is 3.55. The quantitative estimate of drug-likeness (QED) is 0.784. The van der Waals surface area contributed by atoms with E-state index in [9.17, 15) is 14.0 Å². The van der Waals surface area contributed by atoms with Gasteiger partial charge in [0.05, 0.1) is 11.8 Å². The van der Waals surface area contributed by atoms with Crippen LogP contribution in [0.4, 0.5) is 10.1 Å². The van der Waals surface area contributed by atoms with E-state index in [4.69, 9.17) is 0 Å². The summed E-state index contributed by atoms with van der Waals surface area (Å²) >= 11 is 0. The molecule has 0 saturated heterocycles. The lowest BCUT2D eigenvalue weighted by atomic mass is 10.1. The summed E-state index contributed by atoms with van der Waals surface area (Å²) in [5, 5.41) is 5.81. The fourth-order valence-corrected chi connectivity index (χ4v) is 3.35. The van der Waals surface area contributed by atoms with E-state index in [0.717, 1.165) is 23.2 Å². The largest absolute Gasteiger partial charge is 0.356 e. The normalized spacial score (nSPS) is 18.0. The smallest absolute Gasteiger partial charge is 0.228 e. The molecule has 2 N–H and O–H groups in total. The summed E-state index contributed by atoms with van der Waals surface area (Å²) in [4.78, 5) is 24.8. The molecule has 0 aromatic heterocycles. The number of nitrogens with one attached hydrogen (secondary N) is 2. The van der Waals surface area contributed by atoms with Gasteiger partial charge in [0.2, 0.25) is 11.8 Å². The van der Waals surface area contributed by atoms with Crippen molar-refractivity contribution >= 4 is 17.5 Å². The molecule has 2 unspecified atom stereocenters. The van der Waals surface area contributed by atoms with Crippen LogP contribution in [0.3, 0.4) is 0 Å². The summed E-state index contributed by atoms with van der Waals surface area (Å²) in [6.07, 6.45) is 1.83. The number of aryl methyl sites for hydroxylation is 2. The number of hydrogen-bond donors (Lipinski definition) is 2. The molecule has 2 aromatic rings. The third-order valence-electron chi connectivity index (χ3n) is 5.10. The Morgan fingerprint density at radius 3 is 2.48 bits per heavy atom. The first-order valence-corrected chi connectivity index (χ1v) is 9.41. The molecule has 4 nitrogen and oxygen atoms in total. The molecule has 1 aliphatic carbocycles. The van der Waals surface area contributed by atoms with Crippen LogP contribution in [0.2, 0.25) is 0 Å². The van der Waals surface area contributed by atoms with Gasteiger partial charge in [-0.3, -0.25) is 9.59 Å². The van der Waals surface area contributed by atoms with E-state index in [1.165, 1.54) is 6.07 Å². The van der Waals surface area contributed by atoms with E-state index < -0.39 is 0 Å². The number of para-hydroxylation sites is 1. The Bertz CT molecular complexity index is 850. The van der Waals surface area contributed by atoms with Crippen LogP contribution in [0.25, 0.3) is 0 Å². The fourth-order valence-electron chi connectivity index (χ4n) is 3.35. The number of carbonyl (C=O) groups is 2. The Kier molecular flexibility index (Phi) is 5.89. The van der Waals surface area contributed by atoms with Gasteiger partial charge in [-0.05, 0) is 48.9 Å². The van der Waals surface area contributed by atoms with Gasteiger partial charge in [-0.15, -0.1) is 0 Å². The summed E-state index contributed by atoms with van der Waals surface area (Å²) in [5.74, 6) is -1.08. The second-order valence-corrected chi connectivity index (χ2v) is 7.03. The minimum absolute atomic E-state index is 0.103. The van der Waals surface area contributed by atoms with Crippen molar-refractivity contribution in [2.75, 3.05) is 11.9 Å². The van der Waals surface area contributed by atoms with Crippen LogP contribution < -0.4 is 10.6 Å². The maximum absolute atomic E-state index is 13.6. The van der Waals surface area contributed by atoms with Crippen molar-refractivity contribution in [3.63, 3.8) is 0 Å². The van der Waals surface area contributed by atoms with E-state index in [0.29, 0.717) is 24.9 Å². The number of halogens is 1. The molecule has 0 bridgehead atoms. The number of hydrogen-bond acceptors (Lipinski definition) is 2.